The van der Waals surface area contributed by atoms with Gasteiger partial charge >= 0.3 is 0 Å². The van der Waals surface area contributed by atoms with E-state index in [1.807, 2.05) is 20.8 Å². The molecule has 0 saturated heterocycles. The van der Waals surface area contributed by atoms with Crippen LogP contribution in [0.25, 0.3) is 0 Å². The fourth-order valence-corrected chi connectivity index (χ4v) is 1.72. The van der Waals surface area contributed by atoms with E-state index < -0.39 is 0 Å². The van der Waals surface area contributed by atoms with E-state index in [2.05, 4.69) is 5.10 Å². The third-order valence-electron chi connectivity index (χ3n) is 2.49. The molecule has 0 saturated carbocycles. The maximum atomic E-state index is 11.9. The Hall–Kier alpha value is -1.03. The van der Waals surface area contributed by atoms with Gasteiger partial charge in [-0.3, -0.25) is 9.89 Å². The first-order valence-corrected chi connectivity index (χ1v) is 4.91. The molecule has 2 heterocycles. The maximum Gasteiger partial charge on any atom is 0.270 e. The summed E-state index contributed by atoms with van der Waals surface area (Å²) in [6.07, 6.45) is 0.730. The molecule has 78 valence electrons. The molecule has 0 bridgehead atoms. The van der Waals surface area contributed by atoms with Crippen molar-refractivity contribution in [1.82, 2.24) is 9.78 Å². The van der Waals surface area contributed by atoms with Gasteiger partial charge in [0.1, 0.15) is 0 Å². The fraction of sp³-hybridized carbons (Fsp3) is 0.700. The van der Waals surface area contributed by atoms with Gasteiger partial charge in [-0.25, -0.2) is 4.68 Å². The Morgan fingerprint density at radius 3 is 2.71 bits per heavy atom. The van der Waals surface area contributed by atoms with E-state index in [0.717, 1.165) is 17.7 Å². The average molecular weight is 196 g/mol. The second kappa shape index (κ2) is 2.98. The Morgan fingerprint density at radius 1 is 1.43 bits per heavy atom. The summed E-state index contributed by atoms with van der Waals surface area (Å²) in [7, 11) is 0. The summed E-state index contributed by atoms with van der Waals surface area (Å²) in [5.74, 6) is 0. The van der Waals surface area contributed by atoms with Crippen LogP contribution in [0.1, 0.15) is 32.0 Å². The topological polar surface area (TPSA) is 47.0 Å². The number of aromatic nitrogens is 2. The first-order chi connectivity index (χ1) is 6.50. The summed E-state index contributed by atoms with van der Waals surface area (Å²) >= 11 is 0. The van der Waals surface area contributed by atoms with Crippen LogP contribution in [0.5, 0.6) is 0 Å². The first kappa shape index (κ1) is 9.52. The monoisotopic (exact) mass is 196 g/mol. The number of hydrogen-bond donors (Lipinski definition) is 1. The number of fused-ring (bicyclic) bond motifs is 1. The van der Waals surface area contributed by atoms with Crippen molar-refractivity contribution in [3.05, 3.63) is 21.6 Å². The standard InChI is InChI=1S/C10H16N2O2/c1-10(2,3)12-9(13)7-4-5-14-6-8(7)11-12/h11H,4-6H2,1-3H3. The summed E-state index contributed by atoms with van der Waals surface area (Å²) in [5.41, 5.74) is 1.76. The van der Waals surface area contributed by atoms with Crippen molar-refractivity contribution in [1.29, 1.82) is 0 Å². The Balaban J connectivity index is 2.55. The van der Waals surface area contributed by atoms with Gasteiger partial charge in [-0.2, -0.15) is 0 Å². The number of H-pyrrole nitrogens is 1. The molecule has 2 rings (SSSR count). The van der Waals surface area contributed by atoms with Gasteiger partial charge in [-0.05, 0) is 20.8 Å². The molecule has 1 aromatic rings. The van der Waals surface area contributed by atoms with Crippen molar-refractivity contribution < 1.29 is 4.74 Å². The van der Waals surface area contributed by atoms with E-state index in [0.29, 0.717) is 13.2 Å². The first-order valence-electron chi connectivity index (χ1n) is 4.91. The molecule has 0 spiro atoms. The molecule has 14 heavy (non-hydrogen) atoms. The predicted octanol–water partition coefficient (Wildman–Crippen LogP) is 1.00. The van der Waals surface area contributed by atoms with Crippen molar-refractivity contribution in [2.45, 2.75) is 39.3 Å². The van der Waals surface area contributed by atoms with Crippen molar-refractivity contribution in [3.8, 4) is 0 Å². The van der Waals surface area contributed by atoms with Crippen molar-refractivity contribution in [2.24, 2.45) is 0 Å². The second-order valence-electron chi connectivity index (χ2n) is 4.68. The predicted molar refractivity (Wildman–Crippen MR) is 53.4 cm³/mol. The second-order valence-corrected chi connectivity index (χ2v) is 4.68. The Morgan fingerprint density at radius 2 is 2.14 bits per heavy atom. The van der Waals surface area contributed by atoms with E-state index in [-0.39, 0.29) is 11.1 Å². The minimum Gasteiger partial charge on any atom is -0.375 e. The van der Waals surface area contributed by atoms with Crippen LogP contribution in [0, 0.1) is 0 Å². The molecule has 0 radical (unpaired) electrons. The van der Waals surface area contributed by atoms with Crippen LogP contribution < -0.4 is 5.56 Å². The number of nitrogens with one attached hydrogen (secondary N) is 1. The third kappa shape index (κ3) is 1.39. The van der Waals surface area contributed by atoms with Gasteiger partial charge in [0, 0.05) is 12.0 Å². The molecule has 1 aliphatic rings. The highest BCUT2D eigenvalue weighted by Crippen LogP contribution is 2.15. The van der Waals surface area contributed by atoms with Gasteiger partial charge in [0.15, 0.2) is 0 Å². The molecule has 1 N–H and O–H groups in total. The molecule has 0 aliphatic carbocycles. The van der Waals surface area contributed by atoms with Crippen molar-refractivity contribution in [3.63, 3.8) is 0 Å². The SMILES string of the molecule is CC(C)(C)n1[nH]c2c(c1=O)CCOC2. The Bertz CT molecular complexity index is 395. The van der Waals surface area contributed by atoms with Crippen LogP contribution in [0.4, 0.5) is 0 Å². The lowest BCUT2D eigenvalue weighted by molar-refractivity contribution is 0.107. The molecule has 0 fully saturated rings. The highest BCUT2D eigenvalue weighted by atomic mass is 16.5. The zero-order chi connectivity index (χ0) is 10.3. The smallest absolute Gasteiger partial charge is 0.270 e. The van der Waals surface area contributed by atoms with Crippen LogP contribution in [-0.2, 0) is 23.3 Å². The zero-order valence-corrected chi connectivity index (χ0v) is 8.89. The highest BCUT2D eigenvalue weighted by Gasteiger charge is 2.23. The fourth-order valence-electron chi connectivity index (χ4n) is 1.72. The van der Waals surface area contributed by atoms with Gasteiger partial charge in [-0.1, -0.05) is 0 Å². The zero-order valence-electron chi connectivity index (χ0n) is 8.89. The number of ether oxygens (including phenoxy) is 1. The summed E-state index contributed by atoms with van der Waals surface area (Å²) < 4.78 is 6.98. The summed E-state index contributed by atoms with van der Waals surface area (Å²) in [6.45, 7) is 7.23. The molecule has 0 unspecified atom stereocenters. The van der Waals surface area contributed by atoms with Crippen LogP contribution >= 0.6 is 0 Å². The van der Waals surface area contributed by atoms with E-state index >= 15 is 0 Å². The van der Waals surface area contributed by atoms with E-state index in [4.69, 9.17) is 4.74 Å². The molecule has 1 aliphatic heterocycles. The van der Waals surface area contributed by atoms with E-state index in [1.165, 1.54) is 0 Å². The Kier molecular flexibility index (Phi) is 2.03. The number of rotatable bonds is 0. The molecule has 4 heteroatoms. The summed E-state index contributed by atoms with van der Waals surface area (Å²) in [4.78, 5) is 11.9. The van der Waals surface area contributed by atoms with Gasteiger partial charge < -0.3 is 4.74 Å². The number of aromatic amines is 1. The molecular formula is C10H16N2O2. The largest absolute Gasteiger partial charge is 0.375 e. The summed E-state index contributed by atoms with van der Waals surface area (Å²) in [5, 5.41) is 3.12. The van der Waals surface area contributed by atoms with Gasteiger partial charge in [0.2, 0.25) is 0 Å². The minimum atomic E-state index is -0.186. The maximum absolute atomic E-state index is 11.9. The lowest BCUT2D eigenvalue weighted by atomic mass is 10.1. The summed E-state index contributed by atoms with van der Waals surface area (Å²) in [6, 6.07) is 0. The van der Waals surface area contributed by atoms with Crippen molar-refractivity contribution in [2.75, 3.05) is 6.61 Å². The molecule has 0 atom stereocenters. The van der Waals surface area contributed by atoms with E-state index in [9.17, 15) is 4.79 Å². The third-order valence-corrected chi connectivity index (χ3v) is 2.49. The molecular weight excluding hydrogens is 180 g/mol. The quantitative estimate of drug-likeness (QED) is 0.673. The van der Waals surface area contributed by atoms with Gasteiger partial charge in [0.05, 0.1) is 24.4 Å². The Labute approximate surface area is 82.9 Å². The lowest BCUT2D eigenvalue weighted by Gasteiger charge is -2.19. The van der Waals surface area contributed by atoms with Crippen molar-refractivity contribution >= 4 is 0 Å². The van der Waals surface area contributed by atoms with Crippen LogP contribution in [0.15, 0.2) is 4.79 Å². The molecule has 1 aromatic heterocycles. The molecule has 4 nitrogen and oxygen atoms in total. The van der Waals surface area contributed by atoms with Gasteiger partial charge in [-0.15, -0.1) is 0 Å². The number of hydrogen-bond acceptors (Lipinski definition) is 2. The van der Waals surface area contributed by atoms with E-state index in [1.54, 1.807) is 4.68 Å². The molecule has 0 amide bonds. The normalized spacial score (nSPS) is 16.8. The average Bonchev–Trinajstić information content (AvgIpc) is 2.44. The van der Waals surface area contributed by atoms with Crippen LogP contribution in [0.3, 0.4) is 0 Å². The van der Waals surface area contributed by atoms with Gasteiger partial charge in [0.25, 0.3) is 5.56 Å². The number of nitrogens with zero attached hydrogens (tertiary/aromatic N) is 1. The van der Waals surface area contributed by atoms with Crippen LogP contribution in [-0.4, -0.2) is 16.4 Å². The highest BCUT2D eigenvalue weighted by molar-refractivity contribution is 5.19. The molecule has 0 aromatic carbocycles. The van der Waals surface area contributed by atoms with Crippen LogP contribution in [0.2, 0.25) is 0 Å². The minimum absolute atomic E-state index is 0.107. The lowest BCUT2D eigenvalue weighted by Crippen LogP contribution is -2.33.